The van der Waals surface area contributed by atoms with Crippen LogP contribution in [0.4, 0.5) is 0 Å². The smallest absolute Gasteiger partial charge is 0.164 e. The van der Waals surface area contributed by atoms with Gasteiger partial charge in [0.1, 0.15) is 5.82 Å². The number of halogens is 1. The van der Waals surface area contributed by atoms with E-state index in [1.165, 1.54) is 5.56 Å². The first kappa shape index (κ1) is 13.2. The molecular weight excluding hydrogens is 292 g/mol. The third-order valence-corrected chi connectivity index (χ3v) is 3.82. The summed E-state index contributed by atoms with van der Waals surface area (Å²) in [4.78, 5) is 0. The van der Waals surface area contributed by atoms with E-state index in [1.807, 2.05) is 12.1 Å². The Morgan fingerprint density at radius 1 is 1.33 bits per heavy atom. The standard InChI is InChI=1S/C13H17BrN4/c1-3-7-18-12(8-15)16-17-13(18)10-5-4-6-11(14)9(10)2/h4-6H,3,7-8,15H2,1-2H3. The lowest BCUT2D eigenvalue weighted by atomic mass is 10.1. The molecule has 2 N–H and O–H groups in total. The normalized spacial score (nSPS) is 10.9. The number of aromatic nitrogens is 3. The minimum atomic E-state index is 0.417. The van der Waals surface area contributed by atoms with Crippen LogP contribution < -0.4 is 5.73 Å². The van der Waals surface area contributed by atoms with Crippen LogP contribution in [0.2, 0.25) is 0 Å². The van der Waals surface area contributed by atoms with Crippen LogP contribution in [0.5, 0.6) is 0 Å². The van der Waals surface area contributed by atoms with Crippen molar-refractivity contribution in [3.8, 4) is 11.4 Å². The van der Waals surface area contributed by atoms with E-state index >= 15 is 0 Å². The number of rotatable bonds is 4. The zero-order valence-electron chi connectivity index (χ0n) is 10.7. The minimum absolute atomic E-state index is 0.417. The summed E-state index contributed by atoms with van der Waals surface area (Å²) in [5, 5.41) is 8.46. The molecule has 0 atom stereocenters. The molecule has 1 aromatic carbocycles. The van der Waals surface area contributed by atoms with Gasteiger partial charge in [0.2, 0.25) is 0 Å². The molecule has 4 nitrogen and oxygen atoms in total. The van der Waals surface area contributed by atoms with Gasteiger partial charge in [0.05, 0.1) is 6.54 Å². The van der Waals surface area contributed by atoms with Gasteiger partial charge in [-0.05, 0) is 25.0 Å². The molecule has 0 saturated carbocycles. The molecule has 1 heterocycles. The van der Waals surface area contributed by atoms with Crippen LogP contribution in [0.15, 0.2) is 22.7 Å². The lowest BCUT2D eigenvalue weighted by molar-refractivity contribution is 0.643. The molecule has 1 aromatic heterocycles. The van der Waals surface area contributed by atoms with Crippen molar-refractivity contribution in [3.05, 3.63) is 34.1 Å². The molecule has 0 unspecified atom stereocenters. The number of nitrogens with two attached hydrogens (primary N) is 1. The maximum atomic E-state index is 5.71. The molecule has 0 aliphatic carbocycles. The fourth-order valence-corrected chi connectivity index (χ4v) is 2.36. The van der Waals surface area contributed by atoms with Crippen LogP contribution in [-0.4, -0.2) is 14.8 Å². The first-order valence-electron chi connectivity index (χ1n) is 6.06. The molecule has 18 heavy (non-hydrogen) atoms. The van der Waals surface area contributed by atoms with Crippen molar-refractivity contribution in [2.75, 3.05) is 0 Å². The zero-order chi connectivity index (χ0) is 13.1. The van der Waals surface area contributed by atoms with Gasteiger partial charge in [0, 0.05) is 16.6 Å². The van der Waals surface area contributed by atoms with Gasteiger partial charge in [0.15, 0.2) is 5.82 Å². The maximum Gasteiger partial charge on any atom is 0.164 e. The summed E-state index contributed by atoms with van der Waals surface area (Å²) < 4.78 is 3.19. The topological polar surface area (TPSA) is 56.7 Å². The monoisotopic (exact) mass is 308 g/mol. The summed E-state index contributed by atoms with van der Waals surface area (Å²) in [6.45, 7) is 5.52. The largest absolute Gasteiger partial charge is 0.324 e. The Balaban J connectivity index is 2.56. The maximum absolute atomic E-state index is 5.71. The second-order valence-corrected chi connectivity index (χ2v) is 5.06. The molecule has 96 valence electrons. The van der Waals surface area contributed by atoms with Crippen molar-refractivity contribution >= 4 is 15.9 Å². The second-order valence-electron chi connectivity index (χ2n) is 4.21. The summed E-state index contributed by atoms with van der Waals surface area (Å²) in [5.74, 6) is 1.74. The van der Waals surface area contributed by atoms with Crippen molar-refractivity contribution in [2.45, 2.75) is 33.4 Å². The van der Waals surface area contributed by atoms with Gasteiger partial charge < -0.3 is 10.3 Å². The Kier molecular flexibility index (Phi) is 4.14. The van der Waals surface area contributed by atoms with Gasteiger partial charge in [-0.3, -0.25) is 0 Å². The molecular formula is C13H17BrN4. The van der Waals surface area contributed by atoms with Crippen molar-refractivity contribution in [1.29, 1.82) is 0 Å². The molecule has 0 spiro atoms. The second kappa shape index (κ2) is 5.63. The van der Waals surface area contributed by atoms with Gasteiger partial charge in [0.25, 0.3) is 0 Å². The van der Waals surface area contributed by atoms with E-state index in [9.17, 15) is 0 Å². The van der Waals surface area contributed by atoms with E-state index < -0.39 is 0 Å². The van der Waals surface area contributed by atoms with E-state index in [0.29, 0.717) is 6.54 Å². The number of hydrogen-bond donors (Lipinski definition) is 1. The van der Waals surface area contributed by atoms with Crippen LogP contribution in [0.25, 0.3) is 11.4 Å². The predicted molar refractivity (Wildman–Crippen MR) is 76.1 cm³/mol. The first-order valence-corrected chi connectivity index (χ1v) is 6.86. The van der Waals surface area contributed by atoms with Crippen molar-refractivity contribution in [2.24, 2.45) is 5.73 Å². The molecule has 0 aliphatic rings. The van der Waals surface area contributed by atoms with Gasteiger partial charge in [-0.15, -0.1) is 10.2 Å². The number of nitrogens with zero attached hydrogens (tertiary/aromatic N) is 3. The average Bonchev–Trinajstić information content (AvgIpc) is 2.76. The highest BCUT2D eigenvalue weighted by atomic mass is 79.9. The third kappa shape index (κ3) is 2.33. The molecule has 5 heteroatoms. The third-order valence-electron chi connectivity index (χ3n) is 2.97. The van der Waals surface area contributed by atoms with Crippen LogP contribution in [0.3, 0.4) is 0 Å². The van der Waals surface area contributed by atoms with Crippen LogP contribution in [-0.2, 0) is 13.1 Å². The van der Waals surface area contributed by atoms with Gasteiger partial charge in [-0.2, -0.15) is 0 Å². The Bertz CT molecular complexity index is 548. The molecule has 0 radical (unpaired) electrons. The van der Waals surface area contributed by atoms with Gasteiger partial charge in [-0.1, -0.05) is 35.0 Å². The quantitative estimate of drug-likeness (QED) is 0.945. The predicted octanol–water partition coefficient (Wildman–Crippen LogP) is 2.88. The summed E-state index contributed by atoms with van der Waals surface area (Å²) in [7, 11) is 0. The van der Waals surface area contributed by atoms with Crippen molar-refractivity contribution in [3.63, 3.8) is 0 Å². The zero-order valence-corrected chi connectivity index (χ0v) is 12.2. The summed E-state index contributed by atoms with van der Waals surface area (Å²) >= 11 is 3.55. The van der Waals surface area contributed by atoms with Crippen LogP contribution in [0, 0.1) is 6.92 Å². The number of hydrogen-bond acceptors (Lipinski definition) is 3. The molecule has 2 rings (SSSR count). The Hall–Kier alpha value is -1.20. The Morgan fingerprint density at radius 2 is 2.11 bits per heavy atom. The molecule has 0 fully saturated rings. The van der Waals surface area contributed by atoms with Gasteiger partial charge >= 0.3 is 0 Å². The van der Waals surface area contributed by atoms with E-state index in [1.54, 1.807) is 0 Å². The highest BCUT2D eigenvalue weighted by Crippen LogP contribution is 2.27. The first-order chi connectivity index (χ1) is 8.69. The Labute approximate surface area is 115 Å². The Morgan fingerprint density at radius 3 is 2.78 bits per heavy atom. The molecule has 0 aliphatic heterocycles. The molecule has 2 aromatic rings. The van der Waals surface area contributed by atoms with Gasteiger partial charge in [-0.25, -0.2) is 0 Å². The number of benzene rings is 1. The van der Waals surface area contributed by atoms with Crippen LogP contribution in [0.1, 0.15) is 24.7 Å². The van der Waals surface area contributed by atoms with E-state index in [4.69, 9.17) is 5.73 Å². The SMILES string of the molecule is CCCn1c(CN)nnc1-c1cccc(Br)c1C. The van der Waals surface area contributed by atoms with Crippen molar-refractivity contribution in [1.82, 2.24) is 14.8 Å². The van der Waals surface area contributed by atoms with E-state index in [2.05, 4.69) is 50.6 Å². The highest BCUT2D eigenvalue weighted by molar-refractivity contribution is 9.10. The van der Waals surface area contributed by atoms with Crippen LogP contribution >= 0.6 is 15.9 Å². The average molecular weight is 309 g/mol. The summed E-state index contributed by atoms with van der Waals surface area (Å²) in [6.07, 6.45) is 1.03. The van der Waals surface area contributed by atoms with E-state index in [0.717, 1.165) is 34.7 Å². The molecule has 0 bridgehead atoms. The molecule has 0 amide bonds. The fraction of sp³-hybridized carbons (Fsp3) is 0.385. The summed E-state index contributed by atoms with van der Waals surface area (Å²) in [5.41, 5.74) is 7.98. The van der Waals surface area contributed by atoms with Crippen molar-refractivity contribution < 1.29 is 0 Å². The lowest BCUT2D eigenvalue weighted by Crippen LogP contribution is -2.09. The highest BCUT2D eigenvalue weighted by Gasteiger charge is 2.14. The lowest BCUT2D eigenvalue weighted by Gasteiger charge is -2.10. The molecule has 0 saturated heterocycles. The minimum Gasteiger partial charge on any atom is -0.324 e. The summed E-state index contributed by atoms with van der Waals surface area (Å²) in [6, 6.07) is 6.11. The fourth-order valence-electron chi connectivity index (χ4n) is 1.99. The van der Waals surface area contributed by atoms with E-state index in [-0.39, 0.29) is 0 Å².